The highest BCUT2D eigenvalue weighted by Gasteiger charge is 2.06. The zero-order chi connectivity index (χ0) is 13.5. The number of halogens is 2. The molecule has 0 saturated carbocycles. The average molecular weight is 289 g/mol. The third-order valence-corrected chi connectivity index (χ3v) is 2.28. The molecule has 0 spiro atoms. The first-order chi connectivity index (χ1) is 8.52. The molecule has 18 heavy (non-hydrogen) atoms. The molecule has 1 rings (SSSR count). The Bertz CT molecular complexity index is 483. The molecule has 6 heteroatoms. The Balaban J connectivity index is 2.62. The van der Waals surface area contributed by atoms with Gasteiger partial charge in [-0.15, -0.1) is 0 Å². The summed E-state index contributed by atoms with van der Waals surface area (Å²) < 4.78 is 9.51. The Hall–Kier alpha value is -1.52. The van der Waals surface area contributed by atoms with Gasteiger partial charge in [0.15, 0.2) is 0 Å². The molecule has 0 saturated heterocycles. The summed E-state index contributed by atoms with van der Waals surface area (Å²) in [5.41, 5.74) is 0. The Morgan fingerprint density at radius 3 is 2.50 bits per heavy atom. The average Bonchev–Trinajstić information content (AvgIpc) is 2.31. The maximum Gasteiger partial charge on any atom is 0.336 e. The van der Waals surface area contributed by atoms with E-state index in [-0.39, 0.29) is 17.4 Å². The predicted octanol–water partition coefficient (Wildman–Crippen LogP) is 3.02. The minimum atomic E-state index is -0.729. The van der Waals surface area contributed by atoms with Crippen LogP contribution in [0.5, 0.6) is 5.75 Å². The highest BCUT2D eigenvalue weighted by molar-refractivity contribution is 6.35. The molecule has 1 aromatic rings. The van der Waals surface area contributed by atoms with E-state index in [9.17, 15) is 9.59 Å². The topological polar surface area (TPSA) is 52.6 Å². The zero-order valence-corrected chi connectivity index (χ0v) is 11.0. The Morgan fingerprint density at radius 2 is 1.89 bits per heavy atom. The molecule has 0 N–H and O–H groups in total. The number of ether oxygens (including phenoxy) is 2. The lowest BCUT2D eigenvalue weighted by molar-refractivity contribution is -0.138. The van der Waals surface area contributed by atoms with Crippen LogP contribution >= 0.6 is 23.2 Å². The number of benzene rings is 1. The maximum atomic E-state index is 11.3. The van der Waals surface area contributed by atoms with E-state index in [1.165, 1.54) is 18.2 Å². The SMILES string of the molecule is CCOC(=O)/C=C/C(=O)Oc1ccc(Cl)cc1Cl. The van der Waals surface area contributed by atoms with Gasteiger partial charge in [-0.2, -0.15) is 0 Å². The van der Waals surface area contributed by atoms with E-state index >= 15 is 0 Å². The molecular formula is C12H10Cl2O4. The second-order valence-electron chi connectivity index (χ2n) is 3.08. The van der Waals surface area contributed by atoms with Gasteiger partial charge < -0.3 is 9.47 Å². The van der Waals surface area contributed by atoms with E-state index in [1.54, 1.807) is 6.92 Å². The largest absolute Gasteiger partial charge is 0.463 e. The Morgan fingerprint density at radius 1 is 1.22 bits per heavy atom. The normalized spacial score (nSPS) is 10.4. The lowest BCUT2D eigenvalue weighted by Gasteiger charge is -2.03. The van der Waals surface area contributed by atoms with Crippen LogP contribution in [0.2, 0.25) is 10.0 Å². The molecule has 0 unspecified atom stereocenters. The van der Waals surface area contributed by atoms with Crippen LogP contribution in [0.4, 0.5) is 0 Å². The lowest BCUT2D eigenvalue weighted by Crippen LogP contribution is -2.06. The summed E-state index contributed by atoms with van der Waals surface area (Å²) in [6.07, 6.45) is 1.94. The van der Waals surface area contributed by atoms with Crippen LogP contribution in [0, 0.1) is 0 Å². The molecule has 0 amide bonds. The van der Waals surface area contributed by atoms with Gasteiger partial charge >= 0.3 is 11.9 Å². The van der Waals surface area contributed by atoms with Crippen molar-refractivity contribution in [1.82, 2.24) is 0 Å². The number of hydrogen-bond acceptors (Lipinski definition) is 4. The number of esters is 2. The summed E-state index contributed by atoms with van der Waals surface area (Å²) in [7, 11) is 0. The van der Waals surface area contributed by atoms with Crippen LogP contribution in [0.15, 0.2) is 30.4 Å². The fourth-order valence-corrected chi connectivity index (χ4v) is 1.47. The van der Waals surface area contributed by atoms with Crippen LogP contribution in [-0.4, -0.2) is 18.5 Å². The Kier molecular flexibility index (Phi) is 5.68. The molecule has 0 aliphatic rings. The van der Waals surface area contributed by atoms with Crippen molar-refractivity contribution in [3.63, 3.8) is 0 Å². The molecule has 0 heterocycles. The molecule has 0 aliphatic carbocycles. The second kappa shape index (κ2) is 7.03. The molecule has 4 nitrogen and oxygen atoms in total. The van der Waals surface area contributed by atoms with Crippen LogP contribution < -0.4 is 4.74 Å². The molecule has 0 fully saturated rings. The van der Waals surface area contributed by atoms with E-state index in [0.717, 1.165) is 12.2 Å². The van der Waals surface area contributed by atoms with Crippen molar-refractivity contribution >= 4 is 35.1 Å². The summed E-state index contributed by atoms with van der Waals surface area (Å²) in [5, 5.41) is 0.641. The predicted molar refractivity (Wildman–Crippen MR) is 67.9 cm³/mol. The van der Waals surface area contributed by atoms with Gasteiger partial charge in [-0.25, -0.2) is 9.59 Å². The van der Waals surface area contributed by atoms with Gasteiger partial charge in [0.1, 0.15) is 5.75 Å². The van der Waals surface area contributed by atoms with Gasteiger partial charge in [0.25, 0.3) is 0 Å². The lowest BCUT2D eigenvalue weighted by atomic mass is 10.3. The monoisotopic (exact) mass is 288 g/mol. The van der Waals surface area contributed by atoms with Gasteiger partial charge in [0, 0.05) is 17.2 Å². The highest BCUT2D eigenvalue weighted by atomic mass is 35.5. The van der Waals surface area contributed by atoms with E-state index in [2.05, 4.69) is 4.74 Å². The van der Waals surface area contributed by atoms with Crippen molar-refractivity contribution < 1.29 is 19.1 Å². The van der Waals surface area contributed by atoms with Crippen molar-refractivity contribution in [2.45, 2.75) is 6.92 Å². The van der Waals surface area contributed by atoms with Gasteiger partial charge in [-0.1, -0.05) is 23.2 Å². The summed E-state index contributed by atoms with van der Waals surface area (Å²) in [5.74, 6) is -1.18. The van der Waals surface area contributed by atoms with Crippen LogP contribution in [-0.2, 0) is 14.3 Å². The summed E-state index contributed by atoms with van der Waals surface area (Å²) in [6.45, 7) is 1.90. The van der Waals surface area contributed by atoms with Crippen molar-refractivity contribution in [3.8, 4) is 5.75 Å². The minimum absolute atomic E-state index is 0.166. The quantitative estimate of drug-likeness (QED) is 0.485. The maximum absolute atomic E-state index is 11.3. The van der Waals surface area contributed by atoms with E-state index in [4.69, 9.17) is 27.9 Å². The van der Waals surface area contributed by atoms with Crippen LogP contribution in [0.1, 0.15) is 6.92 Å². The Labute approximate surface area is 114 Å². The van der Waals surface area contributed by atoms with Crippen molar-refractivity contribution in [2.24, 2.45) is 0 Å². The second-order valence-corrected chi connectivity index (χ2v) is 3.92. The molecule has 0 atom stereocenters. The zero-order valence-electron chi connectivity index (χ0n) is 9.48. The van der Waals surface area contributed by atoms with Gasteiger partial charge in [-0.3, -0.25) is 0 Å². The first-order valence-corrected chi connectivity index (χ1v) is 5.80. The van der Waals surface area contributed by atoms with Crippen LogP contribution in [0.25, 0.3) is 0 Å². The number of carbonyl (C=O) groups is 2. The minimum Gasteiger partial charge on any atom is -0.463 e. The van der Waals surface area contributed by atoms with E-state index < -0.39 is 11.9 Å². The first kappa shape index (κ1) is 14.5. The highest BCUT2D eigenvalue weighted by Crippen LogP contribution is 2.27. The third-order valence-electron chi connectivity index (χ3n) is 1.75. The van der Waals surface area contributed by atoms with E-state index in [0.29, 0.717) is 5.02 Å². The van der Waals surface area contributed by atoms with Crippen LogP contribution in [0.3, 0.4) is 0 Å². The summed E-state index contributed by atoms with van der Waals surface area (Å²) in [4.78, 5) is 22.3. The molecule has 1 aromatic carbocycles. The number of carbonyl (C=O) groups excluding carboxylic acids is 2. The number of hydrogen-bond donors (Lipinski definition) is 0. The van der Waals surface area contributed by atoms with Gasteiger partial charge in [0.2, 0.25) is 0 Å². The molecule has 0 radical (unpaired) electrons. The smallest absolute Gasteiger partial charge is 0.336 e. The fourth-order valence-electron chi connectivity index (χ4n) is 1.03. The summed E-state index contributed by atoms with van der Waals surface area (Å²) in [6, 6.07) is 4.44. The first-order valence-electron chi connectivity index (χ1n) is 5.04. The van der Waals surface area contributed by atoms with E-state index in [1.807, 2.05) is 0 Å². The van der Waals surface area contributed by atoms with Gasteiger partial charge in [-0.05, 0) is 25.1 Å². The molecule has 0 bridgehead atoms. The molecule has 96 valence electrons. The van der Waals surface area contributed by atoms with Crippen molar-refractivity contribution in [3.05, 3.63) is 40.4 Å². The van der Waals surface area contributed by atoms with Crippen molar-refractivity contribution in [1.29, 1.82) is 0 Å². The number of rotatable bonds is 4. The molecular weight excluding hydrogens is 279 g/mol. The fraction of sp³-hybridized carbons (Fsp3) is 0.167. The molecule has 0 aromatic heterocycles. The van der Waals surface area contributed by atoms with Crippen molar-refractivity contribution in [2.75, 3.05) is 6.61 Å². The standard InChI is InChI=1S/C12H10Cl2O4/c1-2-17-11(15)5-6-12(16)18-10-4-3-8(13)7-9(10)14/h3-7H,2H2,1H3/b6-5+. The summed E-state index contributed by atoms with van der Waals surface area (Å²) >= 11 is 11.5. The molecule has 0 aliphatic heterocycles. The third kappa shape index (κ3) is 4.77. The van der Waals surface area contributed by atoms with Gasteiger partial charge in [0.05, 0.1) is 11.6 Å².